The number of benzene rings is 2. The summed E-state index contributed by atoms with van der Waals surface area (Å²) in [5.74, 6) is 0.533. The van der Waals surface area contributed by atoms with Gasteiger partial charge in [-0.3, -0.25) is 4.79 Å². The normalized spacial score (nSPS) is 14.0. The number of halogens is 1. The first-order valence-electron chi connectivity index (χ1n) is 7.94. The second-order valence-electron chi connectivity index (χ2n) is 5.72. The quantitative estimate of drug-likeness (QED) is 0.625. The summed E-state index contributed by atoms with van der Waals surface area (Å²) in [7, 11) is -3.99. The Morgan fingerprint density at radius 2 is 1.85 bits per heavy atom. The highest BCUT2D eigenvalue weighted by atomic mass is 35.5. The zero-order valence-corrected chi connectivity index (χ0v) is 15.6. The average Bonchev–Trinajstić information content (AvgIpc) is 3.12. The van der Waals surface area contributed by atoms with Crippen LogP contribution in [0.2, 0.25) is 5.02 Å². The second-order valence-corrected chi connectivity index (χ2v) is 7.87. The van der Waals surface area contributed by atoms with E-state index >= 15 is 0 Å². The summed E-state index contributed by atoms with van der Waals surface area (Å²) in [5, 5.41) is 12.4. The molecule has 8 nitrogen and oxygen atoms in total. The lowest BCUT2D eigenvalue weighted by Gasteiger charge is -2.16. The van der Waals surface area contributed by atoms with Gasteiger partial charge in [0.05, 0.1) is 11.5 Å². The minimum Gasteiger partial charge on any atom is -0.454 e. The Morgan fingerprint density at radius 3 is 2.56 bits per heavy atom. The molecule has 0 unspecified atom stereocenters. The van der Waals surface area contributed by atoms with E-state index < -0.39 is 28.6 Å². The molecule has 0 saturated carbocycles. The van der Waals surface area contributed by atoms with E-state index in [-0.39, 0.29) is 18.2 Å². The molecule has 1 amide bonds. The molecule has 2 aromatic rings. The molecular formula is C17H17ClN2O6S. The maximum absolute atomic E-state index is 12.3. The van der Waals surface area contributed by atoms with Crippen LogP contribution >= 0.6 is 11.6 Å². The Morgan fingerprint density at radius 1 is 1.15 bits per heavy atom. The van der Waals surface area contributed by atoms with Crippen LogP contribution in [0, 0.1) is 0 Å². The van der Waals surface area contributed by atoms with Gasteiger partial charge in [0, 0.05) is 11.6 Å². The first kappa shape index (κ1) is 19.4. The van der Waals surface area contributed by atoms with Crippen LogP contribution in [-0.2, 0) is 21.4 Å². The van der Waals surface area contributed by atoms with E-state index in [1.807, 2.05) is 0 Å². The van der Waals surface area contributed by atoms with E-state index in [2.05, 4.69) is 10.0 Å². The highest BCUT2D eigenvalue weighted by Crippen LogP contribution is 2.32. The van der Waals surface area contributed by atoms with Gasteiger partial charge in [0.15, 0.2) is 11.5 Å². The molecule has 0 spiro atoms. The second kappa shape index (κ2) is 8.13. The predicted molar refractivity (Wildman–Crippen MR) is 97.1 cm³/mol. The van der Waals surface area contributed by atoms with Crippen molar-refractivity contribution in [1.82, 2.24) is 10.0 Å². The highest BCUT2D eigenvalue weighted by molar-refractivity contribution is 7.89. The van der Waals surface area contributed by atoms with Crippen molar-refractivity contribution >= 4 is 27.5 Å². The van der Waals surface area contributed by atoms with E-state index in [1.54, 1.807) is 18.2 Å². The zero-order valence-electron chi connectivity index (χ0n) is 14.0. The van der Waals surface area contributed by atoms with Gasteiger partial charge in [0.25, 0.3) is 0 Å². The van der Waals surface area contributed by atoms with E-state index in [4.69, 9.17) is 21.1 Å². The highest BCUT2D eigenvalue weighted by Gasteiger charge is 2.25. The standard InChI is InChI=1S/C17H17ClN2O6S/c18-12-2-4-13(5-3-12)27(23,24)20-14(9-21)17(22)19-8-11-1-6-15-16(7-11)26-10-25-15/h1-7,14,20-21H,8-10H2,(H,19,22)/t14-/m0/s1. The van der Waals surface area contributed by atoms with Gasteiger partial charge in [-0.2, -0.15) is 4.72 Å². The number of aliphatic hydroxyl groups is 1. The zero-order chi connectivity index (χ0) is 19.4. The number of carbonyl (C=O) groups is 1. The Bertz CT molecular complexity index is 933. The number of sulfonamides is 1. The molecule has 2 aromatic carbocycles. The number of rotatable bonds is 7. The van der Waals surface area contributed by atoms with Crippen LogP contribution in [0.4, 0.5) is 0 Å². The lowest BCUT2D eigenvalue weighted by atomic mass is 10.2. The molecule has 144 valence electrons. The molecule has 1 atom stereocenters. The summed E-state index contributed by atoms with van der Waals surface area (Å²) in [4.78, 5) is 12.2. The fraction of sp³-hybridized carbons (Fsp3) is 0.235. The molecule has 0 bridgehead atoms. The number of carbonyl (C=O) groups excluding carboxylic acids is 1. The van der Waals surface area contributed by atoms with Crippen LogP contribution < -0.4 is 19.5 Å². The number of aliphatic hydroxyl groups excluding tert-OH is 1. The Labute approximate surface area is 161 Å². The molecule has 1 aliphatic rings. The first-order valence-corrected chi connectivity index (χ1v) is 9.80. The summed E-state index contributed by atoms with van der Waals surface area (Å²) in [5.41, 5.74) is 0.741. The summed E-state index contributed by atoms with van der Waals surface area (Å²) in [6.45, 7) is -0.418. The maximum Gasteiger partial charge on any atom is 0.241 e. The van der Waals surface area contributed by atoms with Crippen molar-refractivity contribution in [2.24, 2.45) is 0 Å². The Kier molecular flexibility index (Phi) is 5.85. The molecule has 10 heteroatoms. The van der Waals surface area contributed by atoms with E-state index in [0.29, 0.717) is 16.5 Å². The summed E-state index contributed by atoms with van der Waals surface area (Å²) >= 11 is 5.74. The number of nitrogens with one attached hydrogen (secondary N) is 2. The minimum atomic E-state index is -3.99. The van der Waals surface area contributed by atoms with Gasteiger partial charge in [-0.05, 0) is 42.0 Å². The fourth-order valence-electron chi connectivity index (χ4n) is 2.41. The predicted octanol–water partition coefficient (Wildman–Crippen LogP) is 1.02. The van der Waals surface area contributed by atoms with Gasteiger partial charge in [-0.15, -0.1) is 0 Å². The summed E-state index contributed by atoms with van der Waals surface area (Å²) in [6.07, 6.45) is 0. The van der Waals surface area contributed by atoms with E-state index in [9.17, 15) is 18.3 Å². The summed E-state index contributed by atoms with van der Waals surface area (Å²) < 4.78 is 37.3. The van der Waals surface area contributed by atoms with Gasteiger partial charge in [-0.1, -0.05) is 17.7 Å². The third-order valence-electron chi connectivity index (χ3n) is 3.82. The molecular weight excluding hydrogens is 396 g/mol. The van der Waals surface area contributed by atoms with Crippen molar-refractivity contribution in [3.8, 4) is 11.5 Å². The molecule has 0 fully saturated rings. The third kappa shape index (κ3) is 4.69. The number of hydrogen-bond donors (Lipinski definition) is 3. The maximum atomic E-state index is 12.3. The van der Waals surface area contributed by atoms with Gasteiger partial charge in [0.2, 0.25) is 22.7 Å². The monoisotopic (exact) mass is 412 g/mol. The minimum absolute atomic E-state index is 0.0612. The lowest BCUT2D eigenvalue weighted by molar-refractivity contribution is -0.123. The fourth-order valence-corrected chi connectivity index (χ4v) is 3.72. The molecule has 0 aromatic heterocycles. The molecule has 3 rings (SSSR count). The third-order valence-corrected chi connectivity index (χ3v) is 5.56. The van der Waals surface area contributed by atoms with Gasteiger partial charge in [-0.25, -0.2) is 8.42 Å². The van der Waals surface area contributed by atoms with Gasteiger partial charge >= 0.3 is 0 Å². The SMILES string of the molecule is O=C(NCc1ccc2c(c1)OCO2)[C@H](CO)NS(=O)(=O)c1ccc(Cl)cc1. The van der Waals surface area contributed by atoms with Crippen molar-refractivity contribution in [2.45, 2.75) is 17.5 Å². The largest absolute Gasteiger partial charge is 0.454 e. The molecule has 3 N–H and O–H groups in total. The van der Waals surface area contributed by atoms with Crippen molar-refractivity contribution in [3.05, 3.63) is 53.1 Å². The van der Waals surface area contributed by atoms with Crippen LogP contribution in [0.1, 0.15) is 5.56 Å². The van der Waals surface area contributed by atoms with Crippen molar-refractivity contribution in [3.63, 3.8) is 0 Å². The smallest absolute Gasteiger partial charge is 0.241 e. The number of amides is 1. The van der Waals surface area contributed by atoms with Gasteiger partial charge < -0.3 is 19.9 Å². The molecule has 27 heavy (non-hydrogen) atoms. The lowest BCUT2D eigenvalue weighted by Crippen LogP contribution is -2.48. The topological polar surface area (TPSA) is 114 Å². The molecule has 0 saturated heterocycles. The summed E-state index contributed by atoms with van der Waals surface area (Å²) in [6, 6.07) is 9.31. The Hall–Kier alpha value is -2.33. The van der Waals surface area contributed by atoms with Crippen LogP contribution in [0.25, 0.3) is 0 Å². The van der Waals surface area contributed by atoms with Crippen LogP contribution in [-0.4, -0.2) is 38.9 Å². The van der Waals surface area contributed by atoms with Crippen LogP contribution in [0.5, 0.6) is 11.5 Å². The van der Waals surface area contributed by atoms with Crippen molar-refractivity contribution in [1.29, 1.82) is 0 Å². The molecule has 1 heterocycles. The number of fused-ring (bicyclic) bond motifs is 1. The van der Waals surface area contributed by atoms with Crippen LogP contribution in [0.3, 0.4) is 0 Å². The van der Waals surface area contributed by atoms with Crippen molar-refractivity contribution in [2.75, 3.05) is 13.4 Å². The molecule has 0 radical (unpaired) electrons. The molecule has 1 aliphatic heterocycles. The number of ether oxygens (including phenoxy) is 2. The van der Waals surface area contributed by atoms with E-state index in [0.717, 1.165) is 5.56 Å². The van der Waals surface area contributed by atoms with Gasteiger partial charge in [0.1, 0.15) is 6.04 Å². The number of hydrogen-bond acceptors (Lipinski definition) is 6. The average molecular weight is 413 g/mol. The van der Waals surface area contributed by atoms with E-state index in [1.165, 1.54) is 24.3 Å². The first-order chi connectivity index (χ1) is 12.9. The molecule has 0 aliphatic carbocycles. The van der Waals surface area contributed by atoms with Crippen molar-refractivity contribution < 1.29 is 27.8 Å². The van der Waals surface area contributed by atoms with Crippen LogP contribution in [0.15, 0.2) is 47.4 Å². The Balaban J connectivity index is 1.62.